The van der Waals surface area contributed by atoms with Crippen molar-refractivity contribution in [1.82, 2.24) is 10.2 Å². The largest absolute Gasteiger partial charge is 0.338 e. The molecular formula is C12H19N3O. The van der Waals surface area contributed by atoms with Crippen LogP contribution in [0.15, 0.2) is 0 Å². The van der Waals surface area contributed by atoms with Crippen LogP contribution in [-0.4, -0.2) is 36.0 Å². The van der Waals surface area contributed by atoms with Crippen molar-refractivity contribution in [2.75, 3.05) is 13.1 Å². The average Bonchev–Trinajstić information content (AvgIpc) is 2.74. The van der Waals surface area contributed by atoms with Crippen molar-refractivity contribution in [3.8, 4) is 6.07 Å². The molecule has 0 aromatic heterocycles. The van der Waals surface area contributed by atoms with Gasteiger partial charge in [-0.05, 0) is 25.8 Å². The summed E-state index contributed by atoms with van der Waals surface area (Å²) in [4.78, 5) is 14.3. The molecule has 1 N–H and O–H groups in total. The summed E-state index contributed by atoms with van der Waals surface area (Å²) in [5, 5.41) is 11.9. The number of carbonyl (C=O) groups excluding carboxylic acids is 1. The van der Waals surface area contributed by atoms with Crippen LogP contribution in [0.5, 0.6) is 0 Å². The number of hydrogen-bond donors (Lipinski definition) is 1. The summed E-state index contributed by atoms with van der Waals surface area (Å²) >= 11 is 0. The van der Waals surface area contributed by atoms with Crippen molar-refractivity contribution < 1.29 is 4.79 Å². The molecule has 1 heterocycles. The Labute approximate surface area is 96.6 Å². The van der Waals surface area contributed by atoms with Crippen molar-refractivity contribution in [3.05, 3.63) is 0 Å². The van der Waals surface area contributed by atoms with Crippen LogP contribution in [0.4, 0.5) is 0 Å². The van der Waals surface area contributed by atoms with Crippen LogP contribution < -0.4 is 5.32 Å². The Kier molecular flexibility index (Phi) is 3.79. The topological polar surface area (TPSA) is 56.1 Å². The minimum absolute atomic E-state index is 0.144. The molecule has 2 aliphatic rings. The van der Waals surface area contributed by atoms with E-state index in [0.29, 0.717) is 12.5 Å². The van der Waals surface area contributed by atoms with E-state index in [1.807, 2.05) is 4.90 Å². The molecule has 1 saturated carbocycles. The molecule has 0 radical (unpaired) electrons. The maximum absolute atomic E-state index is 12.2. The van der Waals surface area contributed by atoms with Gasteiger partial charge in [-0.25, -0.2) is 0 Å². The fourth-order valence-electron chi connectivity index (χ4n) is 2.75. The molecule has 4 nitrogen and oxygen atoms in total. The maximum Gasteiger partial charge on any atom is 0.241 e. The van der Waals surface area contributed by atoms with Gasteiger partial charge in [-0.3, -0.25) is 4.79 Å². The Hall–Kier alpha value is -1.08. The molecule has 0 aromatic carbocycles. The molecule has 0 spiro atoms. The van der Waals surface area contributed by atoms with Gasteiger partial charge in [0.05, 0.1) is 18.5 Å². The van der Waals surface area contributed by atoms with Gasteiger partial charge in [-0.1, -0.05) is 12.8 Å². The molecule has 2 fully saturated rings. The van der Waals surface area contributed by atoms with E-state index in [9.17, 15) is 4.79 Å². The first-order valence-corrected chi connectivity index (χ1v) is 6.23. The van der Waals surface area contributed by atoms with Gasteiger partial charge in [-0.2, -0.15) is 5.26 Å². The molecule has 4 heteroatoms. The Balaban J connectivity index is 2.04. The molecule has 0 bridgehead atoms. The van der Waals surface area contributed by atoms with Crippen LogP contribution in [0.2, 0.25) is 0 Å². The molecule has 16 heavy (non-hydrogen) atoms. The highest BCUT2D eigenvalue weighted by Crippen LogP contribution is 2.25. The lowest BCUT2D eigenvalue weighted by Gasteiger charge is -2.29. The van der Waals surface area contributed by atoms with Gasteiger partial charge >= 0.3 is 0 Å². The first-order chi connectivity index (χ1) is 7.83. The predicted molar refractivity (Wildman–Crippen MR) is 60.6 cm³/mol. The van der Waals surface area contributed by atoms with Crippen LogP contribution in [0.1, 0.15) is 38.5 Å². The maximum atomic E-state index is 12.2. The summed E-state index contributed by atoms with van der Waals surface area (Å²) in [5.41, 5.74) is 0. The molecule has 1 amide bonds. The second kappa shape index (κ2) is 5.31. The molecule has 88 valence electrons. The third-order valence-electron chi connectivity index (χ3n) is 3.61. The van der Waals surface area contributed by atoms with E-state index in [4.69, 9.17) is 5.26 Å². The summed E-state index contributed by atoms with van der Waals surface area (Å²) < 4.78 is 0. The standard InChI is InChI=1S/C12H19N3O/c13-7-6-11-12(16)15(9-3-8-14-11)10-4-1-2-5-10/h10-11,14H,1-6,8-9H2. The highest BCUT2D eigenvalue weighted by Gasteiger charge is 2.32. The lowest BCUT2D eigenvalue weighted by Crippen LogP contribution is -2.47. The molecule has 1 aliphatic carbocycles. The number of nitrogens with one attached hydrogen (secondary N) is 1. The van der Waals surface area contributed by atoms with E-state index in [1.54, 1.807) is 0 Å². The van der Waals surface area contributed by atoms with Crippen LogP contribution in [-0.2, 0) is 4.79 Å². The quantitative estimate of drug-likeness (QED) is 0.757. The summed E-state index contributed by atoms with van der Waals surface area (Å²) in [6.45, 7) is 1.71. The summed E-state index contributed by atoms with van der Waals surface area (Å²) in [7, 11) is 0. The first kappa shape index (κ1) is 11.4. The minimum Gasteiger partial charge on any atom is -0.338 e. The zero-order valence-corrected chi connectivity index (χ0v) is 9.61. The van der Waals surface area contributed by atoms with Crippen LogP contribution >= 0.6 is 0 Å². The highest BCUT2D eigenvalue weighted by atomic mass is 16.2. The lowest BCUT2D eigenvalue weighted by molar-refractivity contribution is -0.134. The summed E-state index contributed by atoms with van der Waals surface area (Å²) in [6, 6.07) is 2.26. The Morgan fingerprint density at radius 1 is 1.38 bits per heavy atom. The second-order valence-corrected chi connectivity index (χ2v) is 4.69. The van der Waals surface area contributed by atoms with Crippen LogP contribution in [0, 0.1) is 11.3 Å². The van der Waals surface area contributed by atoms with Crippen molar-refractivity contribution in [3.63, 3.8) is 0 Å². The van der Waals surface area contributed by atoms with Crippen LogP contribution in [0.25, 0.3) is 0 Å². The number of carbonyl (C=O) groups is 1. The minimum atomic E-state index is -0.270. The van der Waals surface area contributed by atoms with E-state index in [1.165, 1.54) is 12.8 Å². The van der Waals surface area contributed by atoms with Gasteiger partial charge in [0.15, 0.2) is 0 Å². The Morgan fingerprint density at radius 2 is 2.12 bits per heavy atom. The fraction of sp³-hybridized carbons (Fsp3) is 0.833. The fourth-order valence-corrected chi connectivity index (χ4v) is 2.75. The normalized spacial score (nSPS) is 27.8. The third-order valence-corrected chi connectivity index (χ3v) is 3.61. The second-order valence-electron chi connectivity index (χ2n) is 4.69. The van der Waals surface area contributed by atoms with E-state index >= 15 is 0 Å². The monoisotopic (exact) mass is 221 g/mol. The molecule has 1 aliphatic heterocycles. The predicted octanol–water partition coefficient (Wildman–Crippen LogP) is 1.03. The van der Waals surface area contributed by atoms with Gasteiger partial charge in [0, 0.05) is 12.6 Å². The van der Waals surface area contributed by atoms with Gasteiger partial charge in [0.1, 0.15) is 0 Å². The van der Waals surface area contributed by atoms with Crippen molar-refractivity contribution in [2.45, 2.75) is 50.6 Å². The van der Waals surface area contributed by atoms with Crippen molar-refractivity contribution in [1.29, 1.82) is 5.26 Å². The number of nitriles is 1. The first-order valence-electron chi connectivity index (χ1n) is 6.23. The Bertz CT molecular complexity index is 291. The highest BCUT2D eigenvalue weighted by molar-refractivity contribution is 5.82. The summed E-state index contributed by atoms with van der Waals surface area (Å²) in [5.74, 6) is 0.144. The van der Waals surface area contributed by atoms with E-state index in [2.05, 4.69) is 11.4 Å². The third kappa shape index (κ3) is 2.35. The molecule has 0 aromatic rings. The number of nitrogens with zero attached hydrogens (tertiary/aromatic N) is 2. The van der Waals surface area contributed by atoms with Crippen LogP contribution in [0.3, 0.4) is 0 Å². The zero-order chi connectivity index (χ0) is 11.4. The van der Waals surface area contributed by atoms with Gasteiger partial charge < -0.3 is 10.2 Å². The molecule has 1 saturated heterocycles. The lowest BCUT2D eigenvalue weighted by atomic mass is 10.1. The van der Waals surface area contributed by atoms with Gasteiger partial charge in [0.2, 0.25) is 5.91 Å². The van der Waals surface area contributed by atoms with E-state index < -0.39 is 0 Å². The SMILES string of the molecule is N#CCC1NCCCN(C2CCCC2)C1=O. The number of rotatable bonds is 2. The molecule has 2 rings (SSSR count). The van der Waals surface area contributed by atoms with Crippen molar-refractivity contribution >= 4 is 5.91 Å². The molecule has 1 atom stereocenters. The van der Waals surface area contributed by atoms with E-state index in [-0.39, 0.29) is 11.9 Å². The average molecular weight is 221 g/mol. The Morgan fingerprint density at radius 3 is 2.81 bits per heavy atom. The zero-order valence-electron chi connectivity index (χ0n) is 9.61. The number of hydrogen-bond acceptors (Lipinski definition) is 3. The van der Waals surface area contributed by atoms with Crippen molar-refractivity contribution in [2.24, 2.45) is 0 Å². The van der Waals surface area contributed by atoms with Gasteiger partial charge in [-0.15, -0.1) is 0 Å². The number of amides is 1. The molecular weight excluding hydrogens is 202 g/mol. The molecule has 1 unspecified atom stereocenters. The summed E-state index contributed by atoms with van der Waals surface area (Å²) in [6.07, 6.45) is 6.07. The van der Waals surface area contributed by atoms with E-state index in [0.717, 1.165) is 32.4 Å². The smallest absolute Gasteiger partial charge is 0.241 e. The van der Waals surface area contributed by atoms with Gasteiger partial charge in [0.25, 0.3) is 0 Å².